The number of aromatic nitrogens is 1. The van der Waals surface area contributed by atoms with Gasteiger partial charge in [0, 0.05) is 28.6 Å². The molecular weight excluding hydrogens is 651 g/mol. The largest absolute Gasteiger partial charge is 0.469 e. The molecule has 2 aromatic carbocycles. The molecular formula is C28H22Cl3F2N3O6S. The number of benzene rings is 2. The van der Waals surface area contributed by atoms with Crippen LogP contribution in [0.2, 0.25) is 10.0 Å². The molecule has 0 saturated carbocycles. The van der Waals surface area contributed by atoms with E-state index in [1.807, 2.05) is 4.98 Å². The average molecular weight is 673 g/mol. The molecule has 5 rings (SSSR count). The van der Waals surface area contributed by atoms with Gasteiger partial charge in [-0.25, -0.2) is 4.79 Å². The minimum absolute atomic E-state index is 0.0592. The average Bonchev–Trinajstić information content (AvgIpc) is 3.31. The second kappa shape index (κ2) is 12.4. The maximum absolute atomic E-state index is 14.2. The molecule has 9 nitrogen and oxygen atoms in total. The highest BCUT2D eigenvalue weighted by Crippen LogP contribution is 2.44. The van der Waals surface area contributed by atoms with Crippen LogP contribution < -0.4 is 10.5 Å². The third-order valence-electron chi connectivity index (χ3n) is 6.98. The van der Waals surface area contributed by atoms with Crippen molar-refractivity contribution in [3.8, 4) is 0 Å². The number of fused-ring (bicyclic) bond motifs is 1. The van der Waals surface area contributed by atoms with Crippen molar-refractivity contribution in [2.75, 3.05) is 25.2 Å². The fourth-order valence-electron chi connectivity index (χ4n) is 4.95. The summed E-state index contributed by atoms with van der Waals surface area (Å²) in [5, 5.41) is -3.63. The molecule has 1 saturated heterocycles. The Morgan fingerprint density at radius 2 is 1.88 bits per heavy atom. The van der Waals surface area contributed by atoms with Gasteiger partial charge in [0.15, 0.2) is 0 Å². The third-order valence-corrected chi connectivity index (χ3v) is 9.23. The van der Waals surface area contributed by atoms with Crippen molar-refractivity contribution in [3.05, 3.63) is 85.2 Å². The van der Waals surface area contributed by atoms with E-state index in [9.17, 15) is 28.0 Å². The zero-order chi connectivity index (χ0) is 31.1. The molecule has 1 unspecified atom stereocenters. The van der Waals surface area contributed by atoms with Gasteiger partial charge in [0.1, 0.15) is 11.3 Å². The van der Waals surface area contributed by atoms with Crippen molar-refractivity contribution in [3.63, 3.8) is 0 Å². The summed E-state index contributed by atoms with van der Waals surface area (Å²) >= 11 is 18.6. The molecule has 226 valence electrons. The van der Waals surface area contributed by atoms with E-state index in [0.29, 0.717) is 36.4 Å². The van der Waals surface area contributed by atoms with Crippen molar-refractivity contribution >= 4 is 70.2 Å². The Balaban J connectivity index is 1.59. The highest BCUT2D eigenvalue weighted by molar-refractivity contribution is 7.99. The number of H-pyrrole nitrogens is 1. The number of hydrogen-bond donors (Lipinski definition) is 1. The summed E-state index contributed by atoms with van der Waals surface area (Å²) < 4.78 is 38.3. The number of ether oxygens (including phenoxy) is 2. The van der Waals surface area contributed by atoms with Crippen LogP contribution in [-0.2, 0) is 26.2 Å². The number of anilines is 1. The molecule has 0 radical (unpaired) electrons. The number of alkyl halides is 3. The zero-order valence-corrected chi connectivity index (χ0v) is 25.4. The van der Waals surface area contributed by atoms with E-state index < -0.39 is 46.2 Å². The number of methoxy groups -OCH3 is 1. The van der Waals surface area contributed by atoms with Crippen LogP contribution in [-0.4, -0.2) is 48.1 Å². The van der Waals surface area contributed by atoms with Gasteiger partial charge in [0.05, 0.1) is 36.2 Å². The van der Waals surface area contributed by atoms with E-state index in [1.54, 1.807) is 24.3 Å². The fourth-order valence-corrected chi connectivity index (χ4v) is 6.69. The van der Waals surface area contributed by atoms with Gasteiger partial charge in [-0.15, -0.1) is 0 Å². The normalized spacial score (nSPS) is 16.6. The summed E-state index contributed by atoms with van der Waals surface area (Å²) in [7, 11) is 1.20. The Labute approximate surface area is 263 Å². The number of halogens is 5. The van der Waals surface area contributed by atoms with E-state index >= 15 is 0 Å². The number of aromatic amines is 1. The monoisotopic (exact) mass is 671 g/mol. The Hall–Kier alpha value is -3.32. The van der Waals surface area contributed by atoms with Crippen molar-refractivity contribution < 1.29 is 32.6 Å². The summed E-state index contributed by atoms with van der Waals surface area (Å²) in [5.41, 5.74) is -0.800. The molecule has 1 N–H and O–H groups in total. The quantitative estimate of drug-likeness (QED) is 0.219. The van der Waals surface area contributed by atoms with Crippen LogP contribution in [0.15, 0.2) is 57.1 Å². The van der Waals surface area contributed by atoms with Crippen LogP contribution in [0.25, 0.3) is 0 Å². The summed E-state index contributed by atoms with van der Waals surface area (Å²) in [6, 6.07) is 9.70. The first kappa shape index (κ1) is 31.1. The van der Waals surface area contributed by atoms with Crippen LogP contribution in [0.3, 0.4) is 0 Å². The molecule has 0 bridgehead atoms. The smallest absolute Gasteiger partial charge is 0.414 e. The Morgan fingerprint density at radius 3 is 2.53 bits per heavy atom. The lowest BCUT2D eigenvalue weighted by Gasteiger charge is -2.26. The van der Waals surface area contributed by atoms with E-state index in [0.717, 1.165) is 17.8 Å². The van der Waals surface area contributed by atoms with Crippen LogP contribution >= 0.6 is 46.6 Å². The Bertz CT molecular complexity index is 1660. The predicted molar refractivity (Wildman–Crippen MR) is 156 cm³/mol. The second-order valence-electron chi connectivity index (χ2n) is 9.63. The van der Waals surface area contributed by atoms with Gasteiger partial charge in [0.25, 0.3) is 11.5 Å². The maximum Gasteiger partial charge on any atom is 0.414 e. The molecule has 0 spiro atoms. The molecule has 1 fully saturated rings. The number of rotatable bonds is 7. The Kier molecular flexibility index (Phi) is 8.94. The summed E-state index contributed by atoms with van der Waals surface area (Å²) in [6.07, 6.45) is -0.130. The first-order valence-electron chi connectivity index (χ1n) is 12.8. The summed E-state index contributed by atoms with van der Waals surface area (Å²) in [6.45, 7) is 0.687. The van der Waals surface area contributed by atoms with Crippen molar-refractivity contribution in [1.29, 1.82) is 0 Å². The number of pyridine rings is 1. The number of hydrogen-bond acceptors (Lipinski definition) is 7. The van der Waals surface area contributed by atoms with Gasteiger partial charge in [-0.2, -0.15) is 8.78 Å². The molecule has 15 heteroatoms. The molecule has 2 amide bonds. The van der Waals surface area contributed by atoms with Crippen molar-refractivity contribution in [2.45, 2.75) is 40.6 Å². The third kappa shape index (κ3) is 6.33. The maximum atomic E-state index is 14.2. The van der Waals surface area contributed by atoms with Gasteiger partial charge >= 0.3 is 17.4 Å². The molecule has 3 aromatic rings. The van der Waals surface area contributed by atoms with Gasteiger partial charge in [-0.05, 0) is 59.5 Å². The standard InChI is InChI=1S/C28H22Cl3F2N3O6S/c1-41-22(37)11-19-16-7-6-15(35-8-3-9-42-27(35)40)10-14(16)13-36(19)26(39)23-20(12-21(28(31,32)33)34-25(23)38)43-24-17(29)4-2-5-18(24)30/h2,4-7,10,12,19H,3,8-9,11,13H2,1H3,(H,34,38). The molecule has 1 atom stereocenters. The number of carbonyl (C=O) groups is 3. The number of cyclic esters (lactones) is 1. The number of nitrogens with one attached hydrogen (secondary N) is 1. The summed E-state index contributed by atoms with van der Waals surface area (Å²) in [5.74, 6) is -1.47. The molecule has 0 aliphatic carbocycles. The van der Waals surface area contributed by atoms with Crippen LogP contribution in [0.4, 0.5) is 19.3 Å². The van der Waals surface area contributed by atoms with E-state index in [1.165, 1.54) is 29.0 Å². The van der Waals surface area contributed by atoms with Crippen LogP contribution in [0.1, 0.15) is 46.1 Å². The minimum Gasteiger partial charge on any atom is -0.469 e. The zero-order valence-electron chi connectivity index (χ0n) is 22.3. The second-order valence-corrected chi connectivity index (χ2v) is 12.0. The van der Waals surface area contributed by atoms with Crippen LogP contribution in [0, 0.1) is 0 Å². The number of esters is 1. The molecule has 43 heavy (non-hydrogen) atoms. The number of nitrogens with zero attached hydrogens (tertiary/aromatic N) is 2. The SMILES string of the molecule is COC(=O)CC1c2ccc(N3CCCOC3=O)cc2CN1C(=O)c1c(Sc2c(Cl)cccc2Cl)cc(C(F)(F)Cl)[nH]c1=O. The first-order valence-corrected chi connectivity index (χ1v) is 14.8. The lowest BCUT2D eigenvalue weighted by atomic mass is 10.0. The highest BCUT2D eigenvalue weighted by Gasteiger charge is 2.39. The predicted octanol–water partition coefficient (Wildman–Crippen LogP) is 6.73. The van der Waals surface area contributed by atoms with E-state index in [4.69, 9.17) is 44.3 Å². The van der Waals surface area contributed by atoms with Gasteiger partial charge in [-0.1, -0.05) is 47.1 Å². The summed E-state index contributed by atoms with van der Waals surface area (Å²) in [4.78, 5) is 57.0. The minimum atomic E-state index is -3.95. The topological polar surface area (TPSA) is 109 Å². The van der Waals surface area contributed by atoms with Gasteiger partial charge < -0.3 is 19.4 Å². The fraction of sp³-hybridized carbons (Fsp3) is 0.286. The van der Waals surface area contributed by atoms with Gasteiger partial charge in [-0.3, -0.25) is 19.3 Å². The Morgan fingerprint density at radius 1 is 1.16 bits per heavy atom. The van der Waals surface area contributed by atoms with Crippen molar-refractivity contribution in [2.24, 2.45) is 0 Å². The lowest BCUT2D eigenvalue weighted by Crippen LogP contribution is -2.37. The lowest BCUT2D eigenvalue weighted by molar-refractivity contribution is -0.141. The molecule has 1 aromatic heterocycles. The van der Waals surface area contributed by atoms with E-state index in [2.05, 4.69) is 0 Å². The molecule has 3 heterocycles. The van der Waals surface area contributed by atoms with Crippen LogP contribution in [0.5, 0.6) is 0 Å². The number of carbonyl (C=O) groups excluding carboxylic acids is 3. The van der Waals surface area contributed by atoms with E-state index in [-0.39, 0.29) is 32.8 Å². The van der Waals surface area contributed by atoms with Crippen molar-refractivity contribution in [1.82, 2.24) is 9.88 Å². The first-order chi connectivity index (χ1) is 20.4. The molecule has 2 aliphatic rings. The number of amides is 2. The highest BCUT2D eigenvalue weighted by atomic mass is 35.5. The van der Waals surface area contributed by atoms with Gasteiger partial charge in [0.2, 0.25) is 0 Å². The molecule has 2 aliphatic heterocycles.